The van der Waals surface area contributed by atoms with Crippen LogP contribution in [0.4, 0.5) is 0 Å². The lowest BCUT2D eigenvalue weighted by Crippen LogP contribution is -2.21. The summed E-state index contributed by atoms with van der Waals surface area (Å²) in [5.74, 6) is 1.65. The lowest BCUT2D eigenvalue weighted by atomic mass is 10.1. The Labute approximate surface area is 122 Å². The van der Waals surface area contributed by atoms with Crippen LogP contribution in [0.5, 0.6) is 5.75 Å². The summed E-state index contributed by atoms with van der Waals surface area (Å²) in [6, 6.07) is 5.90. The molecule has 3 heteroatoms. The molecule has 0 unspecified atom stereocenters. The zero-order chi connectivity index (χ0) is 14.1. The first-order chi connectivity index (χ1) is 9.13. The normalized spacial score (nSPS) is 11.0. The van der Waals surface area contributed by atoms with Crippen LogP contribution in [0.1, 0.15) is 39.2 Å². The highest BCUT2D eigenvalue weighted by atomic mass is 35.5. The van der Waals surface area contributed by atoms with Gasteiger partial charge in [-0.25, -0.2) is 0 Å². The number of hydrogen-bond donors (Lipinski definition) is 1. The Morgan fingerprint density at radius 1 is 1.26 bits per heavy atom. The van der Waals surface area contributed by atoms with Crippen LogP contribution in [0.2, 0.25) is 5.02 Å². The van der Waals surface area contributed by atoms with Gasteiger partial charge in [0.25, 0.3) is 0 Å². The molecule has 0 fully saturated rings. The highest BCUT2D eigenvalue weighted by molar-refractivity contribution is 6.31. The second-order valence-electron chi connectivity index (χ2n) is 5.26. The molecule has 0 aromatic heterocycles. The molecule has 0 aliphatic heterocycles. The predicted octanol–water partition coefficient (Wildman–Crippen LogP) is 4.31. The van der Waals surface area contributed by atoms with Crippen molar-refractivity contribution in [1.82, 2.24) is 5.32 Å². The van der Waals surface area contributed by atoms with Crippen LogP contribution >= 0.6 is 11.6 Å². The molecule has 0 amide bonds. The van der Waals surface area contributed by atoms with Crippen molar-refractivity contribution in [2.45, 2.75) is 40.0 Å². The van der Waals surface area contributed by atoms with E-state index < -0.39 is 0 Å². The zero-order valence-corrected chi connectivity index (χ0v) is 13.1. The summed E-state index contributed by atoms with van der Waals surface area (Å²) >= 11 is 6.08. The van der Waals surface area contributed by atoms with Crippen molar-refractivity contribution in [3.8, 4) is 5.75 Å². The van der Waals surface area contributed by atoms with E-state index in [4.69, 9.17) is 16.3 Å². The van der Waals surface area contributed by atoms with Gasteiger partial charge in [0.05, 0.1) is 6.61 Å². The molecule has 108 valence electrons. The lowest BCUT2D eigenvalue weighted by molar-refractivity contribution is 0.305. The summed E-state index contributed by atoms with van der Waals surface area (Å²) in [5.41, 5.74) is 1.15. The van der Waals surface area contributed by atoms with Crippen LogP contribution in [0.3, 0.4) is 0 Å². The molecular formula is C16H26ClNO. The fourth-order valence-corrected chi connectivity index (χ4v) is 2.10. The van der Waals surface area contributed by atoms with Crippen molar-refractivity contribution < 1.29 is 4.74 Å². The summed E-state index contributed by atoms with van der Waals surface area (Å²) in [5, 5.41) is 4.26. The van der Waals surface area contributed by atoms with E-state index in [-0.39, 0.29) is 0 Å². The van der Waals surface area contributed by atoms with E-state index in [2.05, 4.69) is 26.1 Å². The second kappa shape index (κ2) is 9.22. The molecule has 0 aliphatic rings. The molecule has 1 rings (SSSR count). The van der Waals surface area contributed by atoms with Gasteiger partial charge in [0.1, 0.15) is 5.75 Å². The Kier molecular flexibility index (Phi) is 7.92. The molecule has 0 saturated carbocycles. The average molecular weight is 284 g/mol. The van der Waals surface area contributed by atoms with Crippen molar-refractivity contribution >= 4 is 11.6 Å². The number of hydrogen-bond acceptors (Lipinski definition) is 2. The molecule has 0 atom stereocenters. The van der Waals surface area contributed by atoms with Gasteiger partial charge < -0.3 is 10.1 Å². The van der Waals surface area contributed by atoms with Crippen LogP contribution in [0.25, 0.3) is 0 Å². The third-order valence-electron chi connectivity index (χ3n) is 2.97. The molecule has 1 aromatic rings. The molecule has 0 aliphatic carbocycles. The Morgan fingerprint density at radius 3 is 2.74 bits per heavy atom. The maximum Gasteiger partial charge on any atom is 0.119 e. The Morgan fingerprint density at radius 2 is 2.05 bits per heavy atom. The number of benzene rings is 1. The monoisotopic (exact) mass is 283 g/mol. The Balaban J connectivity index is 2.15. The first kappa shape index (κ1) is 16.3. The number of halogens is 1. The molecular weight excluding hydrogens is 258 g/mol. The summed E-state index contributed by atoms with van der Waals surface area (Å²) in [4.78, 5) is 0. The van der Waals surface area contributed by atoms with Crippen LogP contribution in [-0.4, -0.2) is 19.7 Å². The SMILES string of the molecule is CCc1cc(OCCCCNCC(C)C)ccc1Cl. The molecule has 1 aromatic carbocycles. The molecule has 0 saturated heterocycles. The number of rotatable bonds is 9. The van der Waals surface area contributed by atoms with Crippen molar-refractivity contribution in [2.24, 2.45) is 5.92 Å². The molecule has 0 radical (unpaired) electrons. The summed E-state index contributed by atoms with van der Waals surface area (Å²) in [6.45, 7) is 9.49. The maximum atomic E-state index is 6.08. The summed E-state index contributed by atoms with van der Waals surface area (Å²) in [7, 11) is 0. The van der Waals surface area contributed by atoms with Crippen molar-refractivity contribution in [3.05, 3.63) is 28.8 Å². The predicted molar refractivity (Wildman–Crippen MR) is 83.3 cm³/mol. The van der Waals surface area contributed by atoms with Gasteiger partial charge >= 0.3 is 0 Å². The molecule has 19 heavy (non-hydrogen) atoms. The molecule has 2 nitrogen and oxygen atoms in total. The van der Waals surface area contributed by atoms with Crippen LogP contribution < -0.4 is 10.1 Å². The average Bonchev–Trinajstić information content (AvgIpc) is 2.39. The number of aryl methyl sites for hydroxylation is 1. The Bertz CT molecular complexity index is 366. The molecule has 0 spiro atoms. The van der Waals surface area contributed by atoms with Crippen LogP contribution in [0, 0.1) is 5.92 Å². The van der Waals surface area contributed by atoms with Crippen LogP contribution in [-0.2, 0) is 6.42 Å². The summed E-state index contributed by atoms with van der Waals surface area (Å²) in [6.07, 6.45) is 3.17. The van der Waals surface area contributed by atoms with E-state index in [0.29, 0.717) is 0 Å². The van der Waals surface area contributed by atoms with Gasteiger partial charge in [0.2, 0.25) is 0 Å². The van der Waals surface area contributed by atoms with Crippen molar-refractivity contribution in [2.75, 3.05) is 19.7 Å². The Hall–Kier alpha value is -0.730. The lowest BCUT2D eigenvalue weighted by Gasteiger charge is -2.09. The van der Waals surface area contributed by atoms with Gasteiger partial charge in [-0.2, -0.15) is 0 Å². The van der Waals surface area contributed by atoms with Crippen LogP contribution in [0.15, 0.2) is 18.2 Å². The van der Waals surface area contributed by atoms with Gasteiger partial charge in [-0.1, -0.05) is 32.4 Å². The third kappa shape index (κ3) is 6.84. The van der Waals surface area contributed by atoms with Gasteiger partial charge in [-0.3, -0.25) is 0 Å². The molecule has 0 heterocycles. The third-order valence-corrected chi connectivity index (χ3v) is 3.34. The number of unbranched alkanes of at least 4 members (excludes halogenated alkanes) is 1. The second-order valence-corrected chi connectivity index (χ2v) is 5.67. The molecule has 0 bridgehead atoms. The fraction of sp³-hybridized carbons (Fsp3) is 0.625. The zero-order valence-electron chi connectivity index (χ0n) is 12.3. The van der Waals surface area contributed by atoms with E-state index in [1.165, 1.54) is 0 Å². The first-order valence-electron chi connectivity index (χ1n) is 7.25. The smallest absolute Gasteiger partial charge is 0.119 e. The quantitative estimate of drug-likeness (QED) is 0.682. The van der Waals surface area contributed by atoms with Gasteiger partial charge in [-0.05, 0) is 62.0 Å². The van der Waals surface area contributed by atoms with Crippen molar-refractivity contribution in [3.63, 3.8) is 0 Å². The number of ether oxygens (including phenoxy) is 1. The van der Waals surface area contributed by atoms with E-state index in [1.807, 2.05) is 18.2 Å². The minimum absolute atomic E-state index is 0.720. The highest BCUT2D eigenvalue weighted by Crippen LogP contribution is 2.22. The first-order valence-corrected chi connectivity index (χ1v) is 7.63. The fourth-order valence-electron chi connectivity index (χ4n) is 1.84. The largest absolute Gasteiger partial charge is 0.494 e. The topological polar surface area (TPSA) is 21.3 Å². The van der Waals surface area contributed by atoms with E-state index in [0.717, 1.165) is 61.2 Å². The van der Waals surface area contributed by atoms with E-state index in [1.54, 1.807) is 0 Å². The number of nitrogens with one attached hydrogen (secondary N) is 1. The standard InChI is InChI=1S/C16H26ClNO/c1-4-14-11-15(7-8-16(14)17)19-10-6-5-9-18-12-13(2)3/h7-8,11,13,18H,4-6,9-10,12H2,1-3H3. The van der Waals surface area contributed by atoms with Gasteiger partial charge in [-0.15, -0.1) is 0 Å². The van der Waals surface area contributed by atoms with E-state index in [9.17, 15) is 0 Å². The van der Waals surface area contributed by atoms with Gasteiger partial charge in [0.15, 0.2) is 0 Å². The summed E-state index contributed by atoms with van der Waals surface area (Å²) < 4.78 is 5.74. The van der Waals surface area contributed by atoms with E-state index >= 15 is 0 Å². The van der Waals surface area contributed by atoms with Crippen molar-refractivity contribution in [1.29, 1.82) is 0 Å². The minimum Gasteiger partial charge on any atom is -0.494 e. The minimum atomic E-state index is 0.720. The van der Waals surface area contributed by atoms with Gasteiger partial charge in [0, 0.05) is 5.02 Å². The highest BCUT2D eigenvalue weighted by Gasteiger charge is 2.01. The maximum absolute atomic E-state index is 6.08. The molecule has 1 N–H and O–H groups in total.